The van der Waals surface area contributed by atoms with Crippen LogP contribution in [0.15, 0.2) is 437 Å². The minimum absolute atomic E-state index is 0.302. The highest BCUT2D eigenvalue weighted by Gasteiger charge is 2.13. The zero-order valence-electron chi connectivity index (χ0n) is 66.3. The van der Waals surface area contributed by atoms with Crippen molar-refractivity contribution in [2.75, 3.05) is 24.0 Å². The average molecular weight is 1610 g/mol. The van der Waals surface area contributed by atoms with E-state index in [9.17, 15) is 4.79 Å². The summed E-state index contributed by atoms with van der Waals surface area (Å²) in [6.45, 7) is 5.11. The molecule has 17 nitrogen and oxygen atoms in total. The number of aliphatic imine (C=N–C) groups is 1. The fourth-order valence-corrected chi connectivity index (χ4v) is 13.7. The summed E-state index contributed by atoms with van der Waals surface area (Å²) in [4.78, 5) is 40.5. The number of aromatic nitrogens is 7. The van der Waals surface area contributed by atoms with Crippen molar-refractivity contribution in [3.63, 3.8) is 0 Å². The Morgan fingerprint density at radius 3 is 1.61 bits per heavy atom. The van der Waals surface area contributed by atoms with Crippen LogP contribution in [-0.2, 0) is 25.7 Å². The second kappa shape index (κ2) is 43.9. The van der Waals surface area contributed by atoms with Crippen LogP contribution in [0.2, 0.25) is 0 Å². The lowest BCUT2D eigenvalue weighted by atomic mass is 10.1. The van der Waals surface area contributed by atoms with Gasteiger partial charge in [-0.25, -0.2) is 19.7 Å². The summed E-state index contributed by atoms with van der Waals surface area (Å²) in [5.41, 5.74) is 20.7. The molecule has 0 bridgehead atoms. The van der Waals surface area contributed by atoms with E-state index in [0.29, 0.717) is 18.2 Å². The molecule has 0 saturated carbocycles. The Morgan fingerprint density at radius 2 is 0.942 bits per heavy atom. The number of furan rings is 1. The van der Waals surface area contributed by atoms with Gasteiger partial charge < -0.3 is 53.0 Å². The molecule has 0 amide bonds. The molecule has 0 atom stereocenters. The number of pyridine rings is 1. The zero-order chi connectivity index (χ0) is 82.5. The van der Waals surface area contributed by atoms with E-state index in [1.165, 1.54) is 74.7 Å². The van der Waals surface area contributed by atoms with Crippen molar-refractivity contribution in [1.29, 1.82) is 0 Å². The first-order chi connectivity index (χ1) is 59.8. The van der Waals surface area contributed by atoms with Gasteiger partial charge in [-0.3, -0.25) is 9.98 Å². The summed E-state index contributed by atoms with van der Waals surface area (Å²) in [6.07, 6.45) is 18.6. The molecule has 12 heterocycles. The van der Waals surface area contributed by atoms with Gasteiger partial charge in [0.2, 0.25) is 0 Å². The number of imidazole rings is 1. The summed E-state index contributed by atoms with van der Waals surface area (Å²) in [5.74, 6) is 3.48. The predicted octanol–water partition coefficient (Wildman–Crippen LogP) is 25.6. The molecular weight excluding hydrogens is 1520 g/mol. The molecule has 0 unspecified atom stereocenters. The molecule has 21 aromatic rings. The van der Waals surface area contributed by atoms with Gasteiger partial charge in [-0.05, 0) is 192 Å². The average Bonchev–Trinajstić information content (AvgIpc) is 1.80. The number of oxazole rings is 1. The molecule has 18 heteroatoms. The van der Waals surface area contributed by atoms with Gasteiger partial charge in [0.15, 0.2) is 30.3 Å². The maximum atomic E-state index is 10.7. The highest BCUT2D eigenvalue weighted by molar-refractivity contribution is 7.16. The van der Waals surface area contributed by atoms with E-state index in [4.69, 9.17) is 27.5 Å². The van der Waals surface area contributed by atoms with Crippen molar-refractivity contribution in [2.24, 2.45) is 4.99 Å². The summed E-state index contributed by atoms with van der Waals surface area (Å²) < 4.78 is 32.0. The summed E-state index contributed by atoms with van der Waals surface area (Å²) >= 11 is 1.68. The zero-order valence-corrected chi connectivity index (χ0v) is 67.2. The van der Waals surface area contributed by atoms with Gasteiger partial charge in [-0.2, -0.15) is 0 Å². The van der Waals surface area contributed by atoms with Gasteiger partial charge in [0.1, 0.15) is 28.2 Å². The molecule has 4 aliphatic heterocycles. The summed E-state index contributed by atoms with van der Waals surface area (Å²) in [5, 5.41) is 11.9. The van der Waals surface area contributed by atoms with Crippen LogP contribution < -0.4 is 30.5 Å². The van der Waals surface area contributed by atoms with Crippen LogP contribution in [0.1, 0.15) is 28.7 Å². The Kier molecular flexibility index (Phi) is 29.7. The van der Waals surface area contributed by atoms with Crippen LogP contribution >= 0.6 is 11.3 Å². The number of nitrogens with one attached hydrogen (secondary N) is 5. The molecule has 0 spiro atoms. The number of ether oxygens (including phenoxy) is 3. The van der Waals surface area contributed by atoms with E-state index in [0.717, 1.165) is 103 Å². The topological polar surface area (TPSA) is 220 Å². The molecule has 26 rings (SSSR count). The first-order valence-electron chi connectivity index (χ1n) is 39.6. The number of H-pyrrole nitrogens is 3. The number of aromatic amines is 3. The van der Waals surface area contributed by atoms with Crippen molar-refractivity contribution < 1.29 is 27.5 Å². The molecule has 5 aliphatic rings. The number of thiazole rings is 1. The molecular formula is C103H88N10O7S. The number of para-hydroxylation sites is 16. The van der Waals surface area contributed by atoms with E-state index < -0.39 is 0 Å². The monoisotopic (exact) mass is 1610 g/mol. The van der Waals surface area contributed by atoms with Crippen LogP contribution in [0, 0.1) is 0 Å². The first kappa shape index (κ1) is 81.9. The molecule has 1 aliphatic carbocycles. The first-order valence-corrected chi connectivity index (χ1v) is 40.5. The number of rotatable bonds is 0. The van der Waals surface area contributed by atoms with Crippen molar-refractivity contribution >= 4 is 122 Å². The Balaban J connectivity index is 0.000000107. The van der Waals surface area contributed by atoms with Crippen LogP contribution in [-0.4, -0.2) is 54.4 Å². The quantitative estimate of drug-likeness (QED) is 0.0894. The van der Waals surface area contributed by atoms with Crippen LogP contribution in [0.3, 0.4) is 0 Å². The normalized spacial score (nSPS) is 11.8. The fraction of sp³-hybridized carbons (Fsp3) is 0.0680. The Hall–Kier alpha value is -15.7. The Bertz CT molecular complexity index is 5860. The van der Waals surface area contributed by atoms with Crippen molar-refractivity contribution in [1.82, 2.24) is 34.9 Å². The van der Waals surface area contributed by atoms with Crippen molar-refractivity contribution in [3.05, 3.63) is 446 Å². The van der Waals surface area contributed by atoms with E-state index in [1.807, 2.05) is 279 Å². The molecule has 13 aromatic carbocycles. The van der Waals surface area contributed by atoms with Gasteiger partial charge in [0.25, 0.3) is 0 Å². The third-order valence-electron chi connectivity index (χ3n) is 19.0. The van der Waals surface area contributed by atoms with Gasteiger partial charge in [0.05, 0.1) is 68.5 Å². The number of anilines is 2. The number of aryl methyl sites for hydroxylation is 2. The highest BCUT2D eigenvalue weighted by atomic mass is 32.1. The van der Waals surface area contributed by atoms with E-state index >= 15 is 0 Å². The van der Waals surface area contributed by atoms with E-state index in [2.05, 4.69) is 148 Å². The lowest BCUT2D eigenvalue weighted by Gasteiger charge is -1.93. The van der Waals surface area contributed by atoms with Crippen LogP contribution in [0.25, 0.3) is 87.0 Å². The summed E-state index contributed by atoms with van der Waals surface area (Å²) in [7, 11) is 0. The van der Waals surface area contributed by atoms with Gasteiger partial charge in [-0.15, -0.1) is 11.3 Å². The van der Waals surface area contributed by atoms with E-state index in [-0.39, 0.29) is 5.63 Å². The molecule has 598 valence electrons. The SMILES string of the molecule is C1=Nc2ccccc2C1.C=C1Nc2ccccc2O1.O=c1ccc2ccccc2o1.c1ccc2[nH]ccc2c1.c1ccc2[nH]ccc2c1.c1ccc2[nH]cnc2c1.c1ccc2c(c1)CCC2.c1ccc2c(c1)CCO2.c1ccc2c(c1)NCO2.c1ccc2ncccc2c1.c1ccc2occc2c1.c1ccc2ocnc2c1.c1ccc2scnc2c1. The molecule has 8 aromatic heterocycles. The Morgan fingerprint density at radius 1 is 0.380 bits per heavy atom. The number of hydrogen-bond acceptors (Lipinski definition) is 15. The van der Waals surface area contributed by atoms with Gasteiger partial charge >= 0.3 is 5.63 Å². The maximum absolute atomic E-state index is 10.7. The number of nitrogens with zero attached hydrogens (tertiary/aromatic N) is 5. The molecule has 121 heavy (non-hydrogen) atoms. The molecule has 0 saturated heterocycles. The number of benzene rings is 13. The molecule has 0 radical (unpaired) electrons. The second-order valence-electron chi connectivity index (χ2n) is 27.2. The third kappa shape index (κ3) is 24.5. The van der Waals surface area contributed by atoms with Gasteiger partial charge in [-0.1, -0.05) is 218 Å². The fourth-order valence-electron chi connectivity index (χ4n) is 13.0. The standard InChI is InChI=1S/C9H7N.C9H6O2.C9H10.C8H7NO.3C8H7N.C8H8O.C8H6O.C7H6N2.C7H7NO.C7H5NO.C7H5NS/c1-2-6-9-8(4-1)5-3-7-10-9;10-9-6-5-7-3-1-2-4-8(7)11-9;1-2-5-9-7-3-6-8(9)4-1;1-6-9-7-4-2-3-5-8(7)10-6;5*1-2-4-8-7(3-1)5-6-9-8;4*1-2-4-7-6(3-1)8-5-9-7/h1-7H;1-6H;1-2,4-5H,3,6-7H2;2-5,9H,1H2;1-4,6H,5H2;2*1-6,9H;1-4H,5-6H2;1-6H;1-5H,(H,8,9);1-4,8H,5H2;2*1-5H. The third-order valence-corrected chi connectivity index (χ3v) is 19.9. The molecule has 5 N–H and O–H groups in total. The minimum Gasteiger partial charge on any atom is -0.493 e. The Labute approximate surface area is 704 Å². The lowest BCUT2D eigenvalue weighted by molar-refractivity contribution is 0.357. The predicted molar refractivity (Wildman–Crippen MR) is 495 cm³/mol. The van der Waals surface area contributed by atoms with Crippen LogP contribution in [0.5, 0.6) is 17.2 Å². The minimum atomic E-state index is -0.302. The number of hydrogen-bond donors (Lipinski definition) is 5. The smallest absolute Gasteiger partial charge is 0.336 e. The number of fused-ring (bicyclic) bond motifs is 13. The van der Waals surface area contributed by atoms with Crippen molar-refractivity contribution in [2.45, 2.75) is 32.1 Å². The maximum Gasteiger partial charge on any atom is 0.336 e. The largest absolute Gasteiger partial charge is 0.493 e. The van der Waals surface area contributed by atoms with Gasteiger partial charge in [0, 0.05) is 70.9 Å². The van der Waals surface area contributed by atoms with Crippen LogP contribution in [0.4, 0.5) is 17.1 Å². The summed E-state index contributed by atoms with van der Waals surface area (Å²) in [6, 6.07) is 118. The van der Waals surface area contributed by atoms with E-state index in [1.54, 1.807) is 47.2 Å². The highest BCUT2D eigenvalue weighted by Crippen LogP contribution is 2.32. The lowest BCUT2D eigenvalue weighted by Crippen LogP contribution is -1.96. The second-order valence-corrected chi connectivity index (χ2v) is 28.1. The van der Waals surface area contributed by atoms with Crippen molar-refractivity contribution in [3.8, 4) is 17.2 Å². The molecule has 0 fully saturated rings.